The van der Waals surface area contributed by atoms with Gasteiger partial charge in [-0.15, -0.1) is 23.2 Å². The lowest BCUT2D eigenvalue weighted by Crippen LogP contribution is -2.03. The maximum Gasteiger partial charge on any atom is 0.0808 e. The van der Waals surface area contributed by atoms with Crippen molar-refractivity contribution < 1.29 is 0 Å². The Balaban J connectivity index is 2.33. The molecule has 19 heavy (non-hydrogen) atoms. The average molecular weight is 335 g/mol. The Labute approximate surface area is 132 Å². The average Bonchev–Trinajstić information content (AvgIpc) is 2.38. The predicted molar refractivity (Wildman–Crippen MR) is 82.6 cm³/mol. The molecule has 0 fully saturated rings. The molecule has 0 amide bonds. The highest BCUT2D eigenvalue weighted by atomic mass is 35.5. The third kappa shape index (κ3) is 3.35. The monoisotopic (exact) mass is 333 g/mol. The Morgan fingerprint density at radius 3 is 2.32 bits per heavy atom. The summed E-state index contributed by atoms with van der Waals surface area (Å²) in [5.74, 6) is 0. The maximum atomic E-state index is 6.44. The van der Waals surface area contributed by atoms with Gasteiger partial charge in [-0.3, -0.25) is 4.98 Å². The van der Waals surface area contributed by atoms with Crippen molar-refractivity contribution in [3.63, 3.8) is 0 Å². The number of benzene rings is 1. The largest absolute Gasteiger partial charge is 0.261 e. The van der Waals surface area contributed by atoms with Gasteiger partial charge in [0.05, 0.1) is 10.8 Å². The summed E-state index contributed by atoms with van der Waals surface area (Å²) in [6.45, 7) is 1.90. The molecule has 1 nitrogen and oxygen atoms in total. The Hall–Kier alpha value is -0.470. The lowest BCUT2D eigenvalue weighted by Gasteiger charge is -2.19. The number of nitrogens with zero attached hydrogens (tertiary/aromatic N) is 1. The van der Waals surface area contributed by atoms with E-state index < -0.39 is 10.8 Å². The van der Waals surface area contributed by atoms with Crippen LogP contribution in [0.4, 0.5) is 0 Å². The topological polar surface area (TPSA) is 12.9 Å². The van der Waals surface area contributed by atoms with Crippen molar-refractivity contribution in [2.45, 2.75) is 17.7 Å². The fourth-order valence-corrected chi connectivity index (χ4v) is 3.10. The lowest BCUT2D eigenvalue weighted by atomic mass is 10.0. The van der Waals surface area contributed by atoms with Gasteiger partial charge in [0.15, 0.2) is 0 Å². The van der Waals surface area contributed by atoms with Crippen LogP contribution in [-0.2, 0) is 0 Å². The van der Waals surface area contributed by atoms with Crippen LogP contribution in [0.25, 0.3) is 0 Å². The van der Waals surface area contributed by atoms with Gasteiger partial charge in [-0.1, -0.05) is 35.3 Å². The molecular weight excluding hydrogens is 324 g/mol. The van der Waals surface area contributed by atoms with E-state index in [2.05, 4.69) is 4.98 Å². The molecule has 0 saturated carbocycles. The molecule has 0 aliphatic rings. The summed E-state index contributed by atoms with van der Waals surface area (Å²) in [5, 5.41) is 0.226. The zero-order valence-electron chi connectivity index (χ0n) is 10.1. The number of rotatable bonds is 3. The first kappa shape index (κ1) is 14.9. The lowest BCUT2D eigenvalue weighted by molar-refractivity contribution is 0.862. The van der Waals surface area contributed by atoms with Crippen molar-refractivity contribution in [2.75, 3.05) is 0 Å². The van der Waals surface area contributed by atoms with E-state index in [1.807, 2.05) is 19.1 Å². The molecule has 2 aromatic rings. The third-order valence-corrected chi connectivity index (χ3v) is 4.53. The quantitative estimate of drug-likeness (QED) is 0.631. The zero-order chi connectivity index (χ0) is 14.0. The number of aromatic nitrogens is 1. The van der Waals surface area contributed by atoms with Crippen molar-refractivity contribution in [1.82, 2.24) is 4.98 Å². The predicted octanol–water partition coefficient (Wildman–Crippen LogP) is 5.96. The van der Waals surface area contributed by atoms with Crippen LogP contribution in [0.1, 0.15) is 27.6 Å². The van der Waals surface area contributed by atoms with Crippen molar-refractivity contribution in [2.24, 2.45) is 0 Å². The van der Waals surface area contributed by atoms with Gasteiger partial charge in [-0.2, -0.15) is 0 Å². The molecule has 0 spiro atoms. The molecule has 1 heterocycles. The van der Waals surface area contributed by atoms with E-state index in [1.165, 1.54) is 0 Å². The Morgan fingerprint density at radius 2 is 1.68 bits per heavy atom. The molecule has 0 N–H and O–H groups in total. The van der Waals surface area contributed by atoms with Gasteiger partial charge in [0.25, 0.3) is 0 Å². The molecule has 1 aromatic carbocycles. The van der Waals surface area contributed by atoms with Gasteiger partial charge in [-0.05, 0) is 36.2 Å². The molecule has 0 aliphatic carbocycles. The highest BCUT2D eigenvalue weighted by Gasteiger charge is 2.24. The number of aryl methyl sites for hydroxylation is 1. The van der Waals surface area contributed by atoms with E-state index in [9.17, 15) is 0 Å². The molecule has 0 aliphatic heterocycles. The molecule has 2 rings (SSSR count). The SMILES string of the molecule is Cc1ncccc1C(Cl)C(Cl)c1ccc(Cl)cc1Cl. The smallest absolute Gasteiger partial charge is 0.0808 e. The summed E-state index contributed by atoms with van der Waals surface area (Å²) in [6, 6.07) is 8.96. The molecule has 0 saturated heterocycles. The molecule has 1 aromatic heterocycles. The van der Waals surface area contributed by atoms with Gasteiger partial charge in [0.2, 0.25) is 0 Å². The first-order valence-electron chi connectivity index (χ1n) is 5.65. The molecule has 0 radical (unpaired) electrons. The summed E-state index contributed by atoms with van der Waals surface area (Å²) in [6.07, 6.45) is 1.72. The highest BCUT2D eigenvalue weighted by Crippen LogP contribution is 2.43. The number of hydrogen-bond acceptors (Lipinski definition) is 1. The third-order valence-electron chi connectivity index (χ3n) is 2.86. The number of alkyl halides is 2. The van der Waals surface area contributed by atoms with Gasteiger partial charge in [-0.25, -0.2) is 0 Å². The molecule has 5 heteroatoms. The number of halogens is 4. The first-order valence-corrected chi connectivity index (χ1v) is 7.28. The van der Waals surface area contributed by atoms with E-state index in [1.54, 1.807) is 24.4 Å². The van der Waals surface area contributed by atoms with Crippen LogP contribution in [0, 0.1) is 6.92 Å². The van der Waals surface area contributed by atoms with Crippen LogP contribution < -0.4 is 0 Å². The second kappa shape index (κ2) is 6.32. The van der Waals surface area contributed by atoms with Crippen molar-refractivity contribution in [3.05, 3.63) is 63.4 Å². The fraction of sp³-hybridized carbons (Fsp3) is 0.214. The minimum Gasteiger partial charge on any atom is -0.261 e. The minimum atomic E-state index is -0.450. The van der Waals surface area contributed by atoms with Crippen LogP contribution >= 0.6 is 46.4 Å². The summed E-state index contributed by atoms with van der Waals surface area (Å²) in [7, 11) is 0. The van der Waals surface area contributed by atoms with Crippen LogP contribution in [0.15, 0.2) is 36.5 Å². The standard InChI is InChI=1S/C14H11Cl4N/c1-8-10(3-2-6-19-8)13(17)14(18)11-5-4-9(15)7-12(11)16/h2-7,13-14H,1H3. The van der Waals surface area contributed by atoms with Gasteiger partial charge in [0, 0.05) is 21.9 Å². The summed E-state index contributed by atoms with van der Waals surface area (Å²) in [4.78, 5) is 4.22. The van der Waals surface area contributed by atoms with E-state index in [-0.39, 0.29) is 0 Å². The fourth-order valence-electron chi connectivity index (χ4n) is 1.83. The Morgan fingerprint density at radius 1 is 1.00 bits per heavy atom. The Kier molecular flexibility index (Phi) is 4.97. The molecule has 2 atom stereocenters. The summed E-state index contributed by atoms with van der Waals surface area (Å²) >= 11 is 24.9. The number of hydrogen-bond donors (Lipinski definition) is 0. The van der Waals surface area contributed by atoms with Crippen molar-refractivity contribution in [3.8, 4) is 0 Å². The van der Waals surface area contributed by atoms with Crippen LogP contribution in [0.3, 0.4) is 0 Å². The van der Waals surface area contributed by atoms with Gasteiger partial charge in [0.1, 0.15) is 0 Å². The van der Waals surface area contributed by atoms with Crippen molar-refractivity contribution >= 4 is 46.4 Å². The van der Waals surface area contributed by atoms with E-state index >= 15 is 0 Å². The van der Waals surface area contributed by atoms with Crippen LogP contribution in [0.2, 0.25) is 10.0 Å². The maximum absolute atomic E-state index is 6.44. The van der Waals surface area contributed by atoms with Crippen molar-refractivity contribution in [1.29, 1.82) is 0 Å². The molecule has 2 unspecified atom stereocenters. The van der Waals surface area contributed by atoms with Gasteiger partial charge < -0.3 is 0 Å². The summed E-state index contributed by atoms with van der Waals surface area (Å²) in [5.41, 5.74) is 2.52. The van der Waals surface area contributed by atoms with Crippen LogP contribution in [-0.4, -0.2) is 4.98 Å². The number of pyridine rings is 1. The minimum absolute atomic E-state index is 0.408. The van der Waals surface area contributed by atoms with E-state index in [4.69, 9.17) is 46.4 Å². The normalized spacial score (nSPS) is 14.2. The molecule has 100 valence electrons. The van der Waals surface area contributed by atoms with E-state index in [0.29, 0.717) is 10.0 Å². The van der Waals surface area contributed by atoms with Crippen LogP contribution in [0.5, 0.6) is 0 Å². The Bertz CT molecular complexity index is 585. The second-order valence-electron chi connectivity index (χ2n) is 4.15. The molecular formula is C14H11Cl4N. The first-order chi connectivity index (χ1) is 9.00. The molecule has 0 bridgehead atoms. The second-order valence-corrected chi connectivity index (χ2v) is 5.93. The summed E-state index contributed by atoms with van der Waals surface area (Å²) < 4.78 is 0. The highest BCUT2D eigenvalue weighted by molar-refractivity contribution is 6.36. The van der Waals surface area contributed by atoms with Gasteiger partial charge >= 0.3 is 0 Å². The van der Waals surface area contributed by atoms with E-state index in [0.717, 1.165) is 16.8 Å². The zero-order valence-corrected chi connectivity index (χ0v) is 13.1.